The van der Waals surface area contributed by atoms with E-state index in [4.69, 9.17) is 0 Å². The monoisotopic (exact) mass is 429 g/mol. The van der Waals surface area contributed by atoms with Crippen LogP contribution in [0.2, 0.25) is 0 Å². The molecule has 0 aliphatic carbocycles. The lowest BCUT2D eigenvalue weighted by Crippen LogP contribution is -2.45. The molecule has 2 aromatic carbocycles. The van der Waals surface area contributed by atoms with Gasteiger partial charge in [0.05, 0.1) is 10.8 Å². The second-order valence-corrected chi connectivity index (χ2v) is 9.49. The molecule has 1 saturated heterocycles. The van der Waals surface area contributed by atoms with Crippen molar-refractivity contribution < 1.29 is 17.6 Å². The number of aromatic nitrogens is 1. The largest absolute Gasteiger partial charge is 0.361 e. The zero-order valence-electron chi connectivity index (χ0n) is 16.5. The van der Waals surface area contributed by atoms with E-state index in [1.54, 1.807) is 0 Å². The first-order valence-corrected chi connectivity index (χ1v) is 11.5. The topological polar surface area (TPSA) is 82.3 Å². The summed E-state index contributed by atoms with van der Waals surface area (Å²) in [6.07, 6.45) is 3.91. The molecule has 4 rings (SSSR count). The van der Waals surface area contributed by atoms with Crippen molar-refractivity contribution in [3.05, 3.63) is 66.1 Å². The van der Waals surface area contributed by atoms with Gasteiger partial charge in [0.25, 0.3) is 0 Å². The molecule has 2 heterocycles. The lowest BCUT2D eigenvalue weighted by Gasteiger charge is -2.31. The number of H-pyrrole nitrogens is 1. The minimum absolute atomic E-state index is 0.0456. The van der Waals surface area contributed by atoms with Crippen molar-refractivity contribution in [1.29, 1.82) is 0 Å². The fourth-order valence-electron chi connectivity index (χ4n) is 3.93. The van der Waals surface area contributed by atoms with Gasteiger partial charge in [0.15, 0.2) is 0 Å². The second kappa shape index (κ2) is 8.57. The lowest BCUT2D eigenvalue weighted by atomic mass is 9.99. The number of amides is 1. The number of aromatic amines is 1. The van der Waals surface area contributed by atoms with Crippen LogP contribution in [0.3, 0.4) is 0 Å². The Bertz CT molecular complexity index is 1140. The summed E-state index contributed by atoms with van der Waals surface area (Å²) in [7, 11) is -3.74. The number of sulfonamides is 1. The standard InChI is InChI=1S/C22H24FN3O3S/c23-18-7-9-19(10-8-18)30(28,29)26-13-3-4-17(15-26)22(27)24-12-11-16-14-25-21-6-2-1-5-20(16)21/h1-2,5-10,14,17,25H,3-4,11-13,15H2,(H,24,27). The van der Waals surface area contributed by atoms with E-state index >= 15 is 0 Å². The van der Waals surface area contributed by atoms with Gasteiger partial charge in [0.2, 0.25) is 15.9 Å². The molecule has 30 heavy (non-hydrogen) atoms. The molecule has 0 spiro atoms. The SMILES string of the molecule is O=C(NCCc1c[nH]c2ccccc12)C1CCCN(S(=O)(=O)c2ccc(F)cc2)C1. The normalized spacial score (nSPS) is 17.8. The molecule has 2 N–H and O–H groups in total. The van der Waals surface area contributed by atoms with Gasteiger partial charge in [-0.1, -0.05) is 18.2 Å². The Morgan fingerprint density at radius 3 is 2.73 bits per heavy atom. The van der Waals surface area contributed by atoms with E-state index in [0.717, 1.165) is 28.6 Å². The van der Waals surface area contributed by atoms with Crippen LogP contribution in [0, 0.1) is 11.7 Å². The second-order valence-electron chi connectivity index (χ2n) is 7.56. The number of halogens is 1. The van der Waals surface area contributed by atoms with Crippen molar-refractivity contribution in [3.63, 3.8) is 0 Å². The molecule has 1 aliphatic heterocycles. The average molecular weight is 430 g/mol. The molecule has 1 aliphatic rings. The van der Waals surface area contributed by atoms with E-state index < -0.39 is 21.8 Å². The predicted octanol–water partition coefficient (Wildman–Crippen LogP) is 3.07. The van der Waals surface area contributed by atoms with Crippen molar-refractivity contribution in [2.75, 3.05) is 19.6 Å². The number of carbonyl (C=O) groups is 1. The van der Waals surface area contributed by atoms with Crippen LogP contribution in [0.1, 0.15) is 18.4 Å². The molecular weight excluding hydrogens is 405 g/mol. The number of benzene rings is 2. The highest BCUT2D eigenvalue weighted by Crippen LogP contribution is 2.24. The van der Waals surface area contributed by atoms with Gasteiger partial charge in [-0.25, -0.2) is 12.8 Å². The molecule has 158 valence electrons. The van der Waals surface area contributed by atoms with Crippen LogP contribution in [0.4, 0.5) is 4.39 Å². The highest BCUT2D eigenvalue weighted by atomic mass is 32.2. The molecule has 1 atom stereocenters. The summed E-state index contributed by atoms with van der Waals surface area (Å²) in [5.74, 6) is -1.01. The Hall–Kier alpha value is -2.71. The summed E-state index contributed by atoms with van der Waals surface area (Å²) < 4.78 is 40.1. The maximum Gasteiger partial charge on any atom is 0.243 e. The van der Waals surface area contributed by atoms with E-state index in [9.17, 15) is 17.6 Å². The van der Waals surface area contributed by atoms with Crippen molar-refractivity contribution in [2.24, 2.45) is 5.92 Å². The number of para-hydroxylation sites is 1. The van der Waals surface area contributed by atoms with E-state index in [1.165, 1.54) is 16.4 Å². The number of nitrogens with one attached hydrogen (secondary N) is 2. The molecule has 0 saturated carbocycles. The van der Waals surface area contributed by atoms with Crippen molar-refractivity contribution in [1.82, 2.24) is 14.6 Å². The molecule has 1 fully saturated rings. The number of piperidine rings is 1. The van der Waals surface area contributed by atoms with Crippen LogP contribution in [0.15, 0.2) is 59.6 Å². The molecule has 1 aromatic heterocycles. The minimum atomic E-state index is -3.74. The first-order valence-electron chi connectivity index (χ1n) is 10.0. The highest BCUT2D eigenvalue weighted by molar-refractivity contribution is 7.89. The predicted molar refractivity (Wildman–Crippen MR) is 113 cm³/mol. The molecule has 6 nitrogen and oxygen atoms in total. The van der Waals surface area contributed by atoms with Gasteiger partial charge in [-0.2, -0.15) is 4.31 Å². The Morgan fingerprint density at radius 2 is 1.93 bits per heavy atom. The van der Waals surface area contributed by atoms with Crippen LogP contribution < -0.4 is 5.32 Å². The van der Waals surface area contributed by atoms with Gasteiger partial charge in [-0.05, 0) is 55.2 Å². The maximum absolute atomic E-state index is 13.1. The zero-order chi connectivity index (χ0) is 21.1. The Balaban J connectivity index is 1.36. The molecule has 0 radical (unpaired) electrons. The fraction of sp³-hybridized carbons (Fsp3) is 0.318. The third kappa shape index (κ3) is 4.24. The number of carbonyl (C=O) groups excluding carboxylic acids is 1. The number of rotatable bonds is 6. The van der Waals surface area contributed by atoms with E-state index in [1.807, 2.05) is 30.5 Å². The number of fused-ring (bicyclic) bond motifs is 1. The molecule has 0 bridgehead atoms. The summed E-state index contributed by atoms with van der Waals surface area (Å²) in [5.41, 5.74) is 2.20. The maximum atomic E-state index is 13.1. The summed E-state index contributed by atoms with van der Waals surface area (Å²) in [4.78, 5) is 15.9. The molecule has 8 heteroatoms. The number of hydrogen-bond donors (Lipinski definition) is 2. The van der Waals surface area contributed by atoms with Gasteiger partial charge < -0.3 is 10.3 Å². The van der Waals surface area contributed by atoms with Crippen molar-refractivity contribution in [3.8, 4) is 0 Å². The summed E-state index contributed by atoms with van der Waals surface area (Å²) in [6, 6.07) is 12.8. The molecule has 1 amide bonds. The lowest BCUT2D eigenvalue weighted by molar-refractivity contribution is -0.126. The van der Waals surface area contributed by atoms with Crippen LogP contribution in [0.25, 0.3) is 10.9 Å². The average Bonchev–Trinajstić information content (AvgIpc) is 3.17. The Kier molecular flexibility index (Phi) is 5.87. The van der Waals surface area contributed by atoms with Crippen LogP contribution in [-0.4, -0.2) is 43.2 Å². The summed E-state index contributed by atoms with van der Waals surface area (Å²) in [6.45, 7) is 0.985. The third-order valence-corrected chi connectivity index (χ3v) is 7.45. The summed E-state index contributed by atoms with van der Waals surface area (Å²) >= 11 is 0. The van der Waals surface area contributed by atoms with Crippen LogP contribution in [0.5, 0.6) is 0 Å². The zero-order valence-corrected chi connectivity index (χ0v) is 17.3. The first-order chi connectivity index (χ1) is 14.4. The fourth-order valence-corrected chi connectivity index (χ4v) is 5.46. The van der Waals surface area contributed by atoms with Gasteiger partial charge in [-0.3, -0.25) is 4.79 Å². The molecule has 1 unspecified atom stereocenters. The van der Waals surface area contributed by atoms with Gasteiger partial charge >= 0.3 is 0 Å². The Morgan fingerprint density at radius 1 is 1.17 bits per heavy atom. The first kappa shape index (κ1) is 20.6. The van der Waals surface area contributed by atoms with Crippen molar-refractivity contribution >= 4 is 26.8 Å². The highest BCUT2D eigenvalue weighted by Gasteiger charge is 2.33. The van der Waals surface area contributed by atoms with Gasteiger partial charge in [-0.15, -0.1) is 0 Å². The van der Waals surface area contributed by atoms with Crippen LogP contribution >= 0.6 is 0 Å². The van der Waals surface area contributed by atoms with Crippen molar-refractivity contribution in [2.45, 2.75) is 24.2 Å². The number of nitrogens with zero attached hydrogens (tertiary/aromatic N) is 1. The molecular formula is C22H24FN3O3S. The van der Waals surface area contributed by atoms with Gasteiger partial charge in [0, 0.05) is 36.7 Å². The number of hydrogen-bond acceptors (Lipinski definition) is 3. The third-order valence-electron chi connectivity index (χ3n) is 5.57. The minimum Gasteiger partial charge on any atom is -0.361 e. The Labute approximate surface area is 175 Å². The summed E-state index contributed by atoms with van der Waals surface area (Å²) in [5, 5.41) is 4.09. The van der Waals surface area contributed by atoms with E-state index in [-0.39, 0.29) is 17.3 Å². The molecule has 3 aromatic rings. The van der Waals surface area contributed by atoms with E-state index in [0.29, 0.717) is 32.4 Å². The van der Waals surface area contributed by atoms with Crippen LogP contribution in [-0.2, 0) is 21.2 Å². The van der Waals surface area contributed by atoms with E-state index in [2.05, 4.69) is 10.3 Å². The van der Waals surface area contributed by atoms with Gasteiger partial charge in [0.1, 0.15) is 5.82 Å². The quantitative estimate of drug-likeness (QED) is 0.632. The smallest absolute Gasteiger partial charge is 0.243 e.